The van der Waals surface area contributed by atoms with Crippen molar-refractivity contribution in [2.24, 2.45) is 28.2 Å². The number of aryl methyl sites for hydroxylation is 6. The molecule has 5 heteroatoms. The lowest BCUT2D eigenvalue weighted by Crippen LogP contribution is -2.35. The number of hydrogen-bond donors (Lipinski definition) is 0. The van der Waals surface area contributed by atoms with Crippen molar-refractivity contribution in [1.29, 1.82) is 0 Å². The van der Waals surface area contributed by atoms with E-state index in [2.05, 4.69) is 271 Å². The lowest BCUT2D eigenvalue weighted by atomic mass is 9.90. The van der Waals surface area contributed by atoms with Crippen LogP contribution in [0.4, 0.5) is 0 Å². The molecule has 0 radical (unpaired) electrons. The fourth-order valence-corrected chi connectivity index (χ4v) is 15.6. The summed E-state index contributed by atoms with van der Waals surface area (Å²) in [5, 5.41) is 8.92. The van der Waals surface area contributed by atoms with Crippen LogP contribution in [0.25, 0.3) is 144 Å². The van der Waals surface area contributed by atoms with Crippen molar-refractivity contribution < 1.29 is 29.2 Å². The highest BCUT2D eigenvalue weighted by Crippen LogP contribution is 2.40. The normalized spacial score (nSPS) is 13.0. The fourth-order valence-electron chi connectivity index (χ4n) is 15.6. The summed E-state index contributed by atoms with van der Waals surface area (Å²) in [6.45, 7) is 21.8. The first-order chi connectivity index (χ1) is 57.6. The topological polar surface area (TPSA) is 28.4 Å². The number of fused-ring (bicyclic) bond motifs is 4. The summed E-state index contributed by atoms with van der Waals surface area (Å²) in [7, 11) is 7.95. The van der Waals surface area contributed by atoms with E-state index in [1.165, 1.54) is 112 Å². The van der Waals surface area contributed by atoms with Gasteiger partial charge in [-0.15, -0.1) is 0 Å². The first-order valence-corrected chi connectivity index (χ1v) is 38.9. The zero-order valence-corrected chi connectivity index (χ0v) is 68.0. The zero-order chi connectivity index (χ0) is 86.3. The Labute approximate surface area is 681 Å². The van der Waals surface area contributed by atoms with Crippen LogP contribution in [0.15, 0.2) is 316 Å². The average molecular weight is 1480 g/mol. The van der Waals surface area contributed by atoms with Crippen molar-refractivity contribution in [2.75, 3.05) is 0 Å². The molecule has 5 heterocycles. The van der Waals surface area contributed by atoms with E-state index in [0.717, 1.165) is 94.1 Å². The minimum Gasteiger partial charge on any atom is -0.264 e. The Balaban J connectivity index is 0.000000132. The van der Waals surface area contributed by atoms with Crippen LogP contribution in [0.5, 0.6) is 0 Å². The van der Waals surface area contributed by atoms with E-state index < -0.39 is 18.6 Å². The van der Waals surface area contributed by atoms with E-state index in [1.807, 2.05) is 148 Å². The molecule has 0 bridgehead atoms. The second kappa shape index (κ2) is 33.6. The molecule has 17 rings (SSSR count). The predicted molar refractivity (Wildman–Crippen MR) is 478 cm³/mol. The van der Waals surface area contributed by atoms with Gasteiger partial charge in [0.1, 0.15) is 32.3 Å². The van der Waals surface area contributed by atoms with Crippen LogP contribution in [0.1, 0.15) is 112 Å². The minimum absolute atomic E-state index is 0.356. The summed E-state index contributed by atoms with van der Waals surface area (Å²) in [6.07, 6.45) is 5.08. The largest absolute Gasteiger partial charge is 0.264 e. The Morgan fingerprint density at radius 1 is 0.301 bits per heavy atom. The molecule has 0 spiro atoms. The lowest BCUT2D eigenvalue weighted by Gasteiger charge is -2.15. The summed E-state index contributed by atoms with van der Waals surface area (Å²) in [5.74, 6) is -2.42. The SMILES string of the molecule is Cc1ccc(-c2cccnc2)cc1-c1c2ccc(-c3ccccc3)cc2cc(C)[n+]1C.[2H]c1cc2cc(-c3ccccc3)ccc2c(-c2cc(C([2H])(C)C([2H])([2H])[2H])cc(C)c2C)[n+]1C.[2H]c1cc2cc(-c3ccccc3)ccc2c(-c2cc(C([2H])(C)C)cc(C)c2C)[n+]1C.[2H]c1cc2cc(-c3ccccc3)ccc2c(-c2cc(C)cc(C)c2C)[n+]1C. The highest BCUT2D eigenvalue weighted by atomic mass is 14.9. The molecular formula is C108H105N5+4. The molecule has 0 saturated heterocycles. The molecule has 5 nitrogen and oxygen atoms in total. The number of hydrogen-bond acceptors (Lipinski definition) is 1. The van der Waals surface area contributed by atoms with Gasteiger partial charge in [-0.3, -0.25) is 4.98 Å². The number of pyridine rings is 5. The first-order valence-electron chi connectivity index (χ1n) is 42.9. The summed E-state index contributed by atoms with van der Waals surface area (Å²) in [5.41, 5.74) is 32.4. The van der Waals surface area contributed by atoms with Crippen LogP contribution in [-0.2, 0) is 28.2 Å². The molecule has 12 aromatic carbocycles. The maximum Gasteiger partial charge on any atom is 0.220 e. The summed E-state index contributed by atoms with van der Waals surface area (Å²) < 4.78 is 74.6. The number of benzene rings is 12. The van der Waals surface area contributed by atoms with Crippen LogP contribution in [0.2, 0.25) is 0 Å². The number of nitrogens with zero attached hydrogens (tertiary/aromatic N) is 5. The quantitative estimate of drug-likeness (QED) is 0.119. The van der Waals surface area contributed by atoms with E-state index in [0.29, 0.717) is 24.1 Å². The Hall–Kier alpha value is -12.6. The molecule has 5 aromatic heterocycles. The van der Waals surface area contributed by atoms with E-state index in [1.54, 1.807) is 6.07 Å². The highest BCUT2D eigenvalue weighted by molar-refractivity contribution is 6.00. The van der Waals surface area contributed by atoms with Crippen molar-refractivity contribution in [2.45, 2.75) is 102 Å². The second-order valence-corrected chi connectivity index (χ2v) is 30.5. The molecule has 0 fully saturated rings. The Morgan fingerprint density at radius 3 is 1.04 bits per heavy atom. The van der Waals surface area contributed by atoms with Crippen molar-refractivity contribution in [3.05, 3.63) is 377 Å². The number of rotatable bonds is 11. The Bertz CT molecular complexity index is 6800. The third kappa shape index (κ3) is 16.5. The molecule has 113 heavy (non-hydrogen) atoms. The van der Waals surface area contributed by atoms with E-state index in [-0.39, 0.29) is 0 Å². The van der Waals surface area contributed by atoms with Gasteiger partial charge in [0, 0.05) is 56.0 Å². The first kappa shape index (κ1) is 67.3. The van der Waals surface area contributed by atoms with E-state index >= 15 is 0 Å². The van der Waals surface area contributed by atoms with Gasteiger partial charge < -0.3 is 0 Å². The van der Waals surface area contributed by atoms with Gasteiger partial charge >= 0.3 is 0 Å². The predicted octanol–water partition coefficient (Wildman–Crippen LogP) is 26.1. The maximum absolute atomic E-state index is 8.62. The van der Waals surface area contributed by atoms with Gasteiger partial charge in [-0.2, -0.15) is 4.57 Å². The van der Waals surface area contributed by atoms with Crippen LogP contribution in [0, 0.1) is 62.3 Å². The molecule has 0 amide bonds. The second-order valence-electron chi connectivity index (χ2n) is 30.5. The molecule has 0 aliphatic carbocycles. The van der Waals surface area contributed by atoms with Gasteiger partial charge in [-0.1, -0.05) is 215 Å². The smallest absolute Gasteiger partial charge is 0.220 e. The summed E-state index contributed by atoms with van der Waals surface area (Å²) in [6, 6.07) is 98.7. The molecular weight excluding hydrogens is 1370 g/mol. The van der Waals surface area contributed by atoms with E-state index in [9.17, 15) is 0 Å². The van der Waals surface area contributed by atoms with Crippen molar-refractivity contribution in [3.8, 4) is 101 Å². The van der Waals surface area contributed by atoms with Gasteiger partial charge in [0.25, 0.3) is 0 Å². The van der Waals surface area contributed by atoms with Gasteiger partial charge in [-0.05, 0) is 268 Å². The van der Waals surface area contributed by atoms with Gasteiger partial charge in [-0.25, -0.2) is 13.7 Å². The molecule has 1 atom stereocenters. The third-order valence-electron chi connectivity index (χ3n) is 22.5. The molecule has 0 aliphatic heterocycles. The molecule has 0 N–H and O–H groups in total. The zero-order valence-electron chi connectivity index (χ0n) is 76.0. The summed E-state index contributed by atoms with van der Waals surface area (Å²) in [4.78, 5) is 4.30. The van der Waals surface area contributed by atoms with E-state index in [4.69, 9.17) is 11.0 Å². The van der Waals surface area contributed by atoms with Crippen LogP contribution in [0.3, 0.4) is 0 Å². The summed E-state index contributed by atoms with van der Waals surface area (Å²) >= 11 is 0. The molecule has 0 saturated carbocycles. The Morgan fingerprint density at radius 2 is 0.655 bits per heavy atom. The standard InChI is InChI=1S/C29H25N2.2C27H28N.C25H24N/c1-20-11-12-24(25-10-7-15-30-19-25)18-28(20)29-27-14-13-23(22-8-5-4-6-9-22)17-26(27)16-21(2)31(29)3;2*1-18(2)24-15-19(3)20(4)26(17-24)27-25-12-11-22(21-9-7-6-8-10-21)16-23(25)13-14-28(27)5;1-17-14-18(2)19(3)24(15-17)25-23-11-10-21(20-8-6-5-7-9-20)16-22(23)12-13-26(25)4/h4-19H,1-3H3;2*6-18H,1-5H3;5-16H,1-4H3/q4*+1/i;1D3,14D,18D;14D,18D;13D. The van der Waals surface area contributed by atoms with Gasteiger partial charge in [0.2, 0.25) is 22.8 Å². The lowest BCUT2D eigenvalue weighted by molar-refractivity contribution is -0.665. The van der Waals surface area contributed by atoms with Gasteiger partial charge in [0.15, 0.2) is 24.2 Å². The van der Waals surface area contributed by atoms with Crippen molar-refractivity contribution in [1.82, 2.24) is 4.98 Å². The minimum atomic E-state index is -2.46. The van der Waals surface area contributed by atoms with Crippen LogP contribution >= 0.6 is 0 Å². The third-order valence-corrected chi connectivity index (χ3v) is 22.5. The molecule has 0 aliphatic rings. The highest BCUT2D eigenvalue weighted by Gasteiger charge is 2.25. The Kier molecular flexibility index (Phi) is 20.0. The van der Waals surface area contributed by atoms with Crippen LogP contribution in [-0.4, -0.2) is 4.98 Å². The number of aromatic nitrogens is 5. The molecule has 1 unspecified atom stereocenters. The molecule has 558 valence electrons. The fraction of sp³-hybridized carbons (Fsp3) is 0.176. The monoisotopic (exact) mass is 1480 g/mol. The van der Waals surface area contributed by atoms with Crippen molar-refractivity contribution >= 4 is 43.1 Å². The van der Waals surface area contributed by atoms with Crippen molar-refractivity contribution in [3.63, 3.8) is 0 Å². The maximum atomic E-state index is 8.62. The van der Waals surface area contributed by atoms with Crippen LogP contribution < -0.4 is 18.3 Å². The average Bonchev–Trinajstić information content (AvgIpc) is 0.757. The van der Waals surface area contributed by atoms with Gasteiger partial charge in [0.05, 0.1) is 43.8 Å². The molecule has 17 aromatic rings.